The van der Waals surface area contributed by atoms with Crippen molar-refractivity contribution in [3.63, 3.8) is 0 Å². The summed E-state index contributed by atoms with van der Waals surface area (Å²) in [6, 6.07) is 2.84. The van der Waals surface area contributed by atoms with E-state index in [-0.39, 0.29) is 24.2 Å². The van der Waals surface area contributed by atoms with Crippen LogP contribution in [0.2, 0.25) is 0 Å². The first-order chi connectivity index (χ1) is 8.57. The van der Waals surface area contributed by atoms with Crippen LogP contribution in [0.5, 0.6) is 0 Å². The highest BCUT2D eigenvalue weighted by Crippen LogP contribution is 2.21. The van der Waals surface area contributed by atoms with E-state index in [0.29, 0.717) is 0 Å². The van der Waals surface area contributed by atoms with Gasteiger partial charge in [0.1, 0.15) is 6.10 Å². The molecule has 1 heterocycles. The Kier molecular flexibility index (Phi) is 5.06. The summed E-state index contributed by atoms with van der Waals surface area (Å²) in [7, 11) is 0. The first kappa shape index (κ1) is 13.9. The highest BCUT2D eigenvalue weighted by molar-refractivity contribution is 5.87. The monoisotopic (exact) mass is 252 g/mol. The van der Waals surface area contributed by atoms with E-state index in [2.05, 4.69) is 15.0 Å². The van der Waals surface area contributed by atoms with Crippen LogP contribution in [0.15, 0.2) is 23.4 Å². The molecule has 2 unspecified atom stereocenters. The third kappa shape index (κ3) is 3.42. The van der Waals surface area contributed by atoms with Crippen LogP contribution in [0, 0.1) is 0 Å². The molecule has 0 amide bonds. The van der Waals surface area contributed by atoms with Crippen molar-refractivity contribution >= 4 is 5.97 Å². The summed E-state index contributed by atoms with van der Waals surface area (Å²) >= 11 is 0. The molecule has 18 heavy (non-hydrogen) atoms. The minimum Gasteiger partial charge on any atom is -0.477 e. The van der Waals surface area contributed by atoms with Gasteiger partial charge in [0, 0.05) is 23.2 Å². The Morgan fingerprint density at radius 1 is 1.56 bits per heavy atom. The summed E-state index contributed by atoms with van der Waals surface area (Å²) in [5.41, 5.74) is 7.79. The van der Waals surface area contributed by atoms with Gasteiger partial charge in [-0.1, -0.05) is 11.2 Å². The van der Waals surface area contributed by atoms with Crippen LogP contribution < -0.4 is 0 Å². The minimum atomic E-state index is -1.39. The molecule has 8 heteroatoms. The van der Waals surface area contributed by atoms with Crippen LogP contribution >= 0.6 is 0 Å². The summed E-state index contributed by atoms with van der Waals surface area (Å²) in [5, 5.41) is 31.6. The van der Waals surface area contributed by atoms with E-state index in [1.807, 2.05) is 0 Å². The predicted molar refractivity (Wildman–Crippen MR) is 60.8 cm³/mol. The van der Waals surface area contributed by atoms with Crippen molar-refractivity contribution in [2.45, 2.75) is 18.6 Å². The van der Waals surface area contributed by atoms with Gasteiger partial charge in [0.2, 0.25) is 0 Å². The number of carboxylic acid groups (broad SMARTS) is 1. The Labute approximate surface area is 102 Å². The third-order valence-electron chi connectivity index (χ3n) is 2.31. The van der Waals surface area contributed by atoms with Crippen LogP contribution in [-0.2, 0) is 0 Å². The SMILES string of the molecule is [N-]=[N+]=NCCC(O)C(O)c1cccnc1C(=O)O. The Hall–Kier alpha value is -2.15. The molecule has 0 fully saturated rings. The molecule has 0 spiro atoms. The van der Waals surface area contributed by atoms with Gasteiger partial charge in [-0.05, 0) is 18.0 Å². The number of azide groups is 1. The molecule has 8 nitrogen and oxygen atoms in total. The number of hydrogen-bond acceptors (Lipinski definition) is 5. The van der Waals surface area contributed by atoms with Crippen molar-refractivity contribution in [1.82, 2.24) is 4.98 Å². The molecule has 3 N–H and O–H groups in total. The molecule has 96 valence electrons. The van der Waals surface area contributed by atoms with E-state index in [9.17, 15) is 15.0 Å². The molecule has 0 aliphatic carbocycles. The molecular formula is C10H12N4O4. The molecule has 0 aliphatic heterocycles. The van der Waals surface area contributed by atoms with Gasteiger partial charge in [0.15, 0.2) is 5.69 Å². The van der Waals surface area contributed by atoms with Gasteiger partial charge in [-0.15, -0.1) is 0 Å². The molecule has 1 aromatic heterocycles. The second-order valence-electron chi connectivity index (χ2n) is 3.50. The lowest BCUT2D eigenvalue weighted by Crippen LogP contribution is -2.22. The maximum absolute atomic E-state index is 10.9. The van der Waals surface area contributed by atoms with Crippen LogP contribution in [0.4, 0.5) is 0 Å². The zero-order chi connectivity index (χ0) is 13.5. The predicted octanol–water partition coefficient (Wildman–Crippen LogP) is 0.875. The molecule has 0 aliphatic rings. The first-order valence-corrected chi connectivity index (χ1v) is 5.13. The fourth-order valence-electron chi connectivity index (χ4n) is 1.43. The molecule has 0 saturated carbocycles. The van der Waals surface area contributed by atoms with Crippen molar-refractivity contribution < 1.29 is 20.1 Å². The van der Waals surface area contributed by atoms with E-state index in [0.717, 1.165) is 0 Å². The van der Waals surface area contributed by atoms with E-state index in [1.54, 1.807) is 0 Å². The zero-order valence-corrected chi connectivity index (χ0v) is 9.34. The molecule has 0 saturated heterocycles. The standard InChI is InChI=1S/C10H12N4O4/c11-14-13-5-3-7(15)9(16)6-2-1-4-12-8(6)10(17)18/h1-2,4,7,9,15-16H,3,5H2,(H,17,18). The quantitative estimate of drug-likeness (QED) is 0.391. The van der Waals surface area contributed by atoms with Gasteiger partial charge in [-0.25, -0.2) is 9.78 Å². The second kappa shape index (κ2) is 6.55. The maximum atomic E-state index is 10.9. The number of aromatic nitrogens is 1. The number of rotatable bonds is 6. The highest BCUT2D eigenvalue weighted by Gasteiger charge is 2.23. The largest absolute Gasteiger partial charge is 0.477 e. The normalized spacial score (nSPS) is 13.4. The summed E-state index contributed by atoms with van der Waals surface area (Å²) in [4.78, 5) is 17.0. The molecular weight excluding hydrogens is 240 g/mol. The van der Waals surface area contributed by atoms with Crippen molar-refractivity contribution in [3.8, 4) is 0 Å². The molecule has 1 aromatic rings. The van der Waals surface area contributed by atoms with Crippen LogP contribution in [-0.4, -0.2) is 38.9 Å². The number of carboxylic acids is 1. The molecule has 0 radical (unpaired) electrons. The summed E-state index contributed by atoms with van der Waals surface area (Å²) in [6.07, 6.45) is -1.30. The Balaban J connectivity index is 2.85. The van der Waals surface area contributed by atoms with Gasteiger partial charge >= 0.3 is 5.97 Å². The number of aromatic carboxylic acids is 1. The molecule has 1 rings (SSSR count). The number of aliphatic hydroxyl groups excluding tert-OH is 2. The van der Waals surface area contributed by atoms with Crippen molar-refractivity contribution in [2.75, 3.05) is 6.54 Å². The second-order valence-corrected chi connectivity index (χ2v) is 3.50. The van der Waals surface area contributed by atoms with Gasteiger partial charge in [0.05, 0.1) is 6.10 Å². The van der Waals surface area contributed by atoms with Crippen molar-refractivity contribution in [2.24, 2.45) is 5.11 Å². The average Bonchev–Trinajstić information content (AvgIpc) is 2.38. The number of pyridine rings is 1. The van der Waals surface area contributed by atoms with Crippen molar-refractivity contribution in [3.05, 3.63) is 40.0 Å². The smallest absolute Gasteiger partial charge is 0.354 e. The Morgan fingerprint density at radius 2 is 2.28 bits per heavy atom. The minimum absolute atomic E-state index is 0.0113. The fourth-order valence-corrected chi connectivity index (χ4v) is 1.43. The third-order valence-corrected chi connectivity index (χ3v) is 2.31. The summed E-state index contributed by atoms with van der Waals surface area (Å²) in [6.45, 7) is 0.0113. The fraction of sp³-hybridized carbons (Fsp3) is 0.400. The van der Waals surface area contributed by atoms with Crippen LogP contribution in [0.3, 0.4) is 0 Å². The van der Waals surface area contributed by atoms with E-state index in [1.165, 1.54) is 18.3 Å². The lowest BCUT2D eigenvalue weighted by Gasteiger charge is -2.18. The summed E-state index contributed by atoms with van der Waals surface area (Å²) in [5.74, 6) is -1.29. The number of hydrogen-bond donors (Lipinski definition) is 3. The van der Waals surface area contributed by atoms with E-state index in [4.69, 9.17) is 10.6 Å². The Morgan fingerprint density at radius 3 is 2.89 bits per heavy atom. The number of nitrogens with zero attached hydrogens (tertiary/aromatic N) is 4. The van der Waals surface area contributed by atoms with Gasteiger partial charge in [0.25, 0.3) is 0 Å². The van der Waals surface area contributed by atoms with Gasteiger partial charge < -0.3 is 15.3 Å². The zero-order valence-electron chi connectivity index (χ0n) is 9.34. The number of aliphatic hydroxyl groups is 2. The average molecular weight is 252 g/mol. The Bertz CT molecular complexity index is 473. The van der Waals surface area contributed by atoms with Crippen molar-refractivity contribution in [1.29, 1.82) is 0 Å². The van der Waals surface area contributed by atoms with Crippen LogP contribution in [0.1, 0.15) is 28.6 Å². The molecule has 0 aromatic carbocycles. The topological polar surface area (TPSA) is 139 Å². The van der Waals surface area contributed by atoms with Gasteiger partial charge in [-0.2, -0.15) is 0 Å². The summed E-state index contributed by atoms with van der Waals surface area (Å²) < 4.78 is 0. The lowest BCUT2D eigenvalue weighted by atomic mass is 10.0. The van der Waals surface area contributed by atoms with Gasteiger partial charge in [-0.3, -0.25) is 0 Å². The van der Waals surface area contributed by atoms with Crippen LogP contribution in [0.25, 0.3) is 10.4 Å². The van der Waals surface area contributed by atoms with E-state index < -0.39 is 18.2 Å². The van der Waals surface area contributed by atoms with E-state index >= 15 is 0 Å². The maximum Gasteiger partial charge on any atom is 0.354 e. The molecule has 0 bridgehead atoms. The molecule has 2 atom stereocenters. The first-order valence-electron chi connectivity index (χ1n) is 5.13. The highest BCUT2D eigenvalue weighted by atomic mass is 16.4. The number of carbonyl (C=O) groups is 1. The lowest BCUT2D eigenvalue weighted by molar-refractivity contribution is 0.0138.